The molecule has 0 saturated heterocycles. The van der Waals surface area contributed by atoms with Crippen molar-refractivity contribution in [1.29, 1.82) is 0 Å². The van der Waals surface area contributed by atoms with Crippen LogP contribution in [0.4, 0.5) is 0 Å². The summed E-state index contributed by atoms with van der Waals surface area (Å²) in [7, 11) is 0. The van der Waals surface area contributed by atoms with Gasteiger partial charge in [-0.1, -0.05) is 24.3 Å². The minimum Gasteiger partial charge on any atom is -0.366 e. The zero-order valence-corrected chi connectivity index (χ0v) is 11.3. The van der Waals surface area contributed by atoms with E-state index in [1.54, 1.807) is 0 Å². The van der Waals surface area contributed by atoms with E-state index in [0.29, 0.717) is 12.5 Å². The van der Waals surface area contributed by atoms with Gasteiger partial charge in [0.15, 0.2) is 0 Å². The van der Waals surface area contributed by atoms with Gasteiger partial charge in [-0.05, 0) is 38.3 Å². The largest absolute Gasteiger partial charge is 0.366 e. The van der Waals surface area contributed by atoms with Crippen LogP contribution < -0.4 is 5.32 Å². The van der Waals surface area contributed by atoms with Gasteiger partial charge in [-0.2, -0.15) is 0 Å². The predicted molar refractivity (Wildman–Crippen MR) is 71.6 cm³/mol. The first-order valence-electron chi connectivity index (χ1n) is 6.44. The van der Waals surface area contributed by atoms with Crippen molar-refractivity contribution >= 4 is 5.91 Å². The van der Waals surface area contributed by atoms with Crippen molar-refractivity contribution in [1.82, 2.24) is 5.32 Å². The Kier molecular flexibility index (Phi) is 3.71. The molecule has 2 rings (SSSR count). The number of carbonyl (C=O) groups is 1. The Hall–Kier alpha value is -1.35. The third-order valence-electron chi connectivity index (χ3n) is 3.14. The third kappa shape index (κ3) is 3.33. The Balaban J connectivity index is 1.72. The summed E-state index contributed by atoms with van der Waals surface area (Å²) in [5.41, 5.74) is 2.51. The number of hydrogen-bond acceptors (Lipinski definition) is 2. The number of amides is 1. The molecule has 18 heavy (non-hydrogen) atoms. The summed E-state index contributed by atoms with van der Waals surface area (Å²) in [6, 6.07) is 8.40. The molecular weight excluding hydrogens is 226 g/mol. The highest BCUT2D eigenvalue weighted by Gasteiger charge is 2.25. The van der Waals surface area contributed by atoms with Gasteiger partial charge >= 0.3 is 0 Å². The van der Waals surface area contributed by atoms with E-state index in [-0.39, 0.29) is 18.1 Å². The minimum atomic E-state index is -0.263. The second-order valence-electron chi connectivity index (χ2n) is 5.80. The lowest BCUT2D eigenvalue weighted by atomic mass is 9.77. The van der Waals surface area contributed by atoms with E-state index < -0.39 is 0 Å². The van der Waals surface area contributed by atoms with Gasteiger partial charge in [0.2, 0.25) is 5.91 Å². The van der Waals surface area contributed by atoms with Gasteiger partial charge in [0.25, 0.3) is 0 Å². The van der Waals surface area contributed by atoms with E-state index >= 15 is 0 Å². The number of ether oxygens (including phenoxy) is 1. The molecule has 0 saturated carbocycles. The highest BCUT2D eigenvalue weighted by Crippen LogP contribution is 2.33. The normalized spacial score (nSPS) is 17.8. The Morgan fingerprint density at radius 3 is 2.78 bits per heavy atom. The van der Waals surface area contributed by atoms with Crippen molar-refractivity contribution in [3.8, 4) is 0 Å². The van der Waals surface area contributed by atoms with Gasteiger partial charge < -0.3 is 10.1 Å². The van der Waals surface area contributed by atoms with Crippen molar-refractivity contribution in [3.63, 3.8) is 0 Å². The van der Waals surface area contributed by atoms with Crippen LogP contribution in [0.15, 0.2) is 24.3 Å². The van der Waals surface area contributed by atoms with Crippen molar-refractivity contribution in [2.45, 2.75) is 38.7 Å². The number of fused-ring (bicyclic) bond motifs is 1. The van der Waals surface area contributed by atoms with Crippen molar-refractivity contribution < 1.29 is 9.53 Å². The van der Waals surface area contributed by atoms with E-state index in [4.69, 9.17) is 4.74 Å². The van der Waals surface area contributed by atoms with Crippen LogP contribution in [0.5, 0.6) is 0 Å². The Morgan fingerprint density at radius 2 is 2.11 bits per heavy atom. The summed E-state index contributed by atoms with van der Waals surface area (Å²) in [6.45, 7) is 6.69. The summed E-state index contributed by atoms with van der Waals surface area (Å²) in [4.78, 5) is 11.6. The quantitative estimate of drug-likeness (QED) is 0.886. The van der Waals surface area contributed by atoms with Crippen molar-refractivity contribution in [2.75, 3.05) is 13.2 Å². The van der Waals surface area contributed by atoms with E-state index in [9.17, 15) is 4.79 Å². The summed E-state index contributed by atoms with van der Waals surface area (Å²) >= 11 is 0. The average Bonchev–Trinajstić information content (AvgIpc) is 2.27. The molecule has 98 valence electrons. The van der Waals surface area contributed by atoms with Gasteiger partial charge in [-0.3, -0.25) is 4.79 Å². The first-order valence-corrected chi connectivity index (χ1v) is 6.44. The summed E-state index contributed by atoms with van der Waals surface area (Å²) in [6.07, 6.45) is 1.07. The van der Waals surface area contributed by atoms with Gasteiger partial charge in [-0.15, -0.1) is 0 Å². The van der Waals surface area contributed by atoms with Crippen LogP contribution in [-0.2, 0) is 16.0 Å². The van der Waals surface area contributed by atoms with Crippen LogP contribution in [0.25, 0.3) is 0 Å². The maximum absolute atomic E-state index is 11.6. The summed E-state index contributed by atoms with van der Waals surface area (Å²) in [5, 5.41) is 2.93. The lowest BCUT2D eigenvalue weighted by molar-refractivity contribution is -0.130. The first kappa shape index (κ1) is 13.1. The highest BCUT2D eigenvalue weighted by molar-refractivity contribution is 5.77. The van der Waals surface area contributed by atoms with E-state index in [1.807, 2.05) is 20.8 Å². The second kappa shape index (κ2) is 5.11. The van der Waals surface area contributed by atoms with E-state index in [0.717, 1.165) is 6.42 Å². The molecule has 1 aromatic carbocycles. The SMILES string of the molecule is CC(C)(C)OCC(=O)NCC1Cc2ccccc21. The molecule has 1 N–H and O–H groups in total. The molecule has 0 bridgehead atoms. The molecule has 1 aromatic rings. The fourth-order valence-electron chi connectivity index (χ4n) is 2.11. The first-order chi connectivity index (χ1) is 8.46. The van der Waals surface area contributed by atoms with Crippen LogP contribution in [0, 0.1) is 0 Å². The van der Waals surface area contributed by atoms with E-state index in [2.05, 4.69) is 29.6 Å². The Labute approximate surface area is 109 Å². The van der Waals surface area contributed by atoms with Crippen molar-refractivity contribution in [3.05, 3.63) is 35.4 Å². The zero-order chi connectivity index (χ0) is 13.2. The predicted octanol–water partition coefficient (Wildman–Crippen LogP) is 2.26. The Morgan fingerprint density at radius 1 is 1.39 bits per heavy atom. The minimum absolute atomic E-state index is 0.0330. The van der Waals surface area contributed by atoms with Gasteiger partial charge in [-0.25, -0.2) is 0 Å². The third-order valence-corrected chi connectivity index (χ3v) is 3.14. The molecule has 1 atom stereocenters. The second-order valence-corrected chi connectivity index (χ2v) is 5.80. The molecule has 0 heterocycles. The van der Waals surface area contributed by atoms with Crippen LogP contribution in [0.1, 0.15) is 37.8 Å². The average molecular weight is 247 g/mol. The fraction of sp³-hybridized carbons (Fsp3) is 0.533. The van der Waals surface area contributed by atoms with Crippen LogP contribution in [-0.4, -0.2) is 24.7 Å². The molecule has 3 nitrogen and oxygen atoms in total. The molecule has 0 aliphatic heterocycles. The van der Waals surface area contributed by atoms with Crippen LogP contribution >= 0.6 is 0 Å². The molecule has 0 radical (unpaired) electrons. The lowest BCUT2D eigenvalue weighted by Gasteiger charge is -2.30. The zero-order valence-electron chi connectivity index (χ0n) is 11.3. The monoisotopic (exact) mass is 247 g/mol. The smallest absolute Gasteiger partial charge is 0.246 e. The van der Waals surface area contributed by atoms with Crippen molar-refractivity contribution in [2.24, 2.45) is 0 Å². The highest BCUT2D eigenvalue weighted by atomic mass is 16.5. The van der Waals surface area contributed by atoms with Gasteiger partial charge in [0, 0.05) is 12.5 Å². The molecule has 1 aliphatic rings. The number of carbonyl (C=O) groups excluding carboxylic acids is 1. The molecule has 0 spiro atoms. The fourth-order valence-corrected chi connectivity index (χ4v) is 2.11. The molecule has 1 amide bonds. The van der Waals surface area contributed by atoms with Gasteiger partial charge in [0.05, 0.1) is 5.60 Å². The lowest BCUT2D eigenvalue weighted by Crippen LogP contribution is -2.36. The number of benzene rings is 1. The summed E-state index contributed by atoms with van der Waals surface area (Å²) in [5.74, 6) is 0.439. The molecule has 3 heteroatoms. The molecule has 0 fully saturated rings. The van der Waals surface area contributed by atoms with Crippen LogP contribution in [0.3, 0.4) is 0 Å². The van der Waals surface area contributed by atoms with Gasteiger partial charge in [0.1, 0.15) is 6.61 Å². The maximum Gasteiger partial charge on any atom is 0.246 e. The molecule has 1 aliphatic carbocycles. The molecular formula is C15H21NO2. The van der Waals surface area contributed by atoms with E-state index in [1.165, 1.54) is 11.1 Å². The number of hydrogen-bond donors (Lipinski definition) is 1. The Bertz CT molecular complexity index is 434. The number of rotatable bonds is 4. The molecule has 1 unspecified atom stereocenters. The topological polar surface area (TPSA) is 38.3 Å². The number of nitrogens with one attached hydrogen (secondary N) is 1. The maximum atomic E-state index is 11.6. The standard InChI is InChI=1S/C15H21NO2/c1-15(2,3)18-10-14(17)16-9-12-8-11-6-4-5-7-13(11)12/h4-7,12H,8-10H2,1-3H3,(H,16,17). The molecule has 0 aromatic heterocycles. The van der Waals surface area contributed by atoms with Crippen LogP contribution in [0.2, 0.25) is 0 Å². The summed E-state index contributed by atoms with van der Waals surface area (Å²) < 4.78 is 5.43.